The van der Waals surface area contributed by atoms with Crippen LogP contribution in [0.25, 0.3) is 0 Å². The molecule has 2 aromatic rings. The van der Waals surface area contributed by atoms with Crippen LogP contribution in [0.5, 0.6) is 0 Å². The Bertz CT molecular complexity index is 938. The summed E-state index contributed by atoms with van der Waals surface area (Å²) in [5, 5.41) is 13.5. The molecule has 1 fully saturated rings. The maximum absolute atomic E-state index is 12.2. The van der Waals surface area contributed by atoms with E-state index < -0.39 is 5.25 Å². The topological polar surface area (TPSA) is 96.1 Å². The van der Waals surface area contributed by atoms with Gasteiger partial charge in [0.15, 0.2) is 5.17 Å². The molecule has 2 amide bonds. The van der Waals surface area contributed by atoms with Gasteiger partial charge in [0, 0.05) is 17.1 Å². The zero-order valence-corrected chi connectivity index (χ0v) is 16.2. The van der Waals surface area contributed by atoms with E-state index >= 15 is 0 Å². The molecule has 0 saturated carbocycles. The fourth-order valence-corrected chi connectivity index (χ4v) is 3.40. The lowest BCUT2D eigenvalue weighted by atomic mass is 10.2. The number of amidine groups is 1. The molecular formula is C18H17ClN4O3S. The number of hydrogen-bond acceptors (Lipinski definition) is 6. The average Bonchev–Trinajstić information content (AvgIpc) is 3.17. The normalized spacial score (nSPS) is 18.3. The number of nitrogens with one attached hydrogen (secondary N) is 2. The molecule has 0 radical (unpaired) electrons. The number of carbonyl (C=O) groups excluding carboxylic acids is 2. The summed E-state index contributed by atoms with van der Waals surface area (Å²) in [6.45, 7) is 3.71. The highest BCUT2D eigenvalue weighted by Crippen LogP contribution is 2.24. The summed E-state index contributed by atoms with van der Waals surface area (Å²) in [7, 11) is 0. The first-order valence-electron chi connectivity index (χ1n) is 8.11. The molecule has 1 atom stereocenters. The van der Waals surface area contributed by atoms with E-state index in [0.717, 1.165) is 23.1 Å². The molecule has 27 heavy (non-hydrogen) atoms. The number of anilines is 1. The summed E-state index contributed by atoms with van der Waals surface area (Å²) in [5.74, 6) is 0.783. The van der Waals surface area contributed by atoms with Gasteiger partial charge in [-0.1, -0.05) is 29.4 Å². The molecule has 0 aliphatic carbocycles. The Morgan fingerprint density at radius 3 is 2.89 bits per heavy atom. The van der Waals surface area contributed by atoms with Crippen molar-refractivity contribution in [2.24, 2.45) is 10.2 Å². The first-order chi connectivity index (χ1) is 12.9. The highest BCUT2D eigenvalue weighted by Gasteiger charge is 2.32. The zero-order valence-electron chi connectivity index (χ0n) is 14.7. The van der Waals surface area contributed by atoms with Crippen molar-refractivity contribution in [2.45, 2.75) is 25.5 Å². The van der Waals surface area contributed by atoms with E-state index in [4.69, 9.17) is 16.0 Å². The van der Waals surface area contributed by atoms with Crippen LogP contribution in [0.15, 0.2) is 45.0 Å². The number of hydrogen-bond donors (Lipinski definition) is 2. The van der Waals surface area contributed by atoms with Crippen molar-refractivity contribution >= 4 is 52.2 Å². The first-order valence-corrected chi connectivity index (χ1v) is 9.37. The number of carbonyl (C=O) groups is 2. The highest BCUT2D eigenvalue weighted by atomic mass is 35.5. The number of rotatable bonds is 5. The van der Waals surface area contributed by atoms with Gasteiger partial charge in [-0.05, 0) is 43.7 Å². The van der Waals surface area contributed by atoms with Gasteiger partial charge >= 0.3 is 0 Å². The monoisotopic (exact) mass is 404 g/mol. The van der Waals surface area contributed by atoms with Crippen LogP contribution in [0, 0.1) is 13.8 Å². The van der Waals surface area contributed by atoms with Gasteiger partial charge in [0.25, 0.3) is 0 Å². The summed E-state index contributed by atoms with van der Waals surface area (Å²) in [6.07, 6.45) is 1.47. The van der Waals surface area contributed by atoms with E-state index in [9.17, 15) is 9.59 Å². The number of furan rings is 1. The van der Waals surface area contributed by atoms with Gasteiger partial charge < -0.3 is 15.1 Å². The number of thioether (sulfide) groups is 1. The molecule has 9 heteroatoms. The van der Waals surface area contributed by atoms with E-state index in [1.54, 1.807) is 18.2 Å². The third-order valence-corrected chi connectivity index (χ3v) is 5.18. The van der Waals surface area contributed by atoms with Gasteiger partial charge in [-0.15, -0.1) is 5.10 Å². The van der Waals surface area contributed by atoms with Crippen LogP contribution in [0.2, 0.25) is 5.02 Å². The standard InChI is InChI=1S/C18H17ClN4O3S/c1-10-3-5-12(7-14(10)19)21-16(24)8-15-17(25)22-18(27-15)23-20-9-13-6-4-11(2)26-13/h3-7,9,15H,8H2,1-2H3,(H,21,24)(H,22,23,25)/b20-9-/t15-/m0/s1. The summed E-state index contributed by atoms with van der Waals surface area (Å²) >= 11 is 7.21. The van der Waals surface area contributed by atoms with Crippen LogP contribution >= 0.6 is 23.4 Å². The summed E-state index contributed by atoms with van der Waals surface area (Å²) in [4.78, 5) is 24.2. The molecule has 2 heterocycles. The summed E-state index contributed by atoms with van der Waals surface area (Å²) in [5.41, 5.74) is 1.51. The lowest BCUT2D eigenvalue weighted by Gasteiger charge is -2.08. The minimum Gasteiger partial charge on any atom is -0.460 e. The minimum atomic E-state index is -0.564. The fourth-order valence-electron chi connectivity index (χ4n) is 2.30. The smallest absolute Gasteiger partial charge is 0.240 e. The first kappa shape index (κ1) is 19.2. The van der Waals surface area contributed by atoms with Crippen molar-refractivity contribution in [3.63, 3.8) is 0 Å². The second-order valence-corrected chi connectivity index (χ2v) is 7.51. The molecule has 0 bridgehead atoms. The Morgan fingerprint density at radius 1 is 1.37 bits per heavy atom. The molecule has 1 aromatic carbocycles. The van der Waals surface area contributed by atoms with Crippen LogP contribution in [-0.2, 0) is 9.59 Å². The van der Waals surface area contributed by atoms with Crippen LogP contribution in [-0.4, -0.2) is 28.4 Å². The van der Waals surface area contributed by atoms with Crippen molar-refractivity contribution in [1.82, 2.24) is 5.32 Å². The maximum atomic E-state index is 12.2. The van der Waals surface area contributed by atoms with Crippen LogP contribution in [0.4, 0.5) is 5.69 Å². The number of aryl methyl sites for hydroxylation is 2. The molecule has 1 aromatic heterocycles. The Labute approximate surface area is 165 Å². The third kappa shape index (κ3) is 5.21. The molecule has 1 saturated heterocycles. The second-order valence-electron chi connectivity index (χ2n) is 5.91. The molecule has 1 aliphatic rings. The van der Waals surface area contributed by atoms with Gasteiger partial charge in [0.05, 0.1) is 6.21 Å². The van der Waals surface area contributed by atoms with E-state index in [0.29, 0.717) is 21.6 Å². The summed E-state index contributed by atoms with van der Waals surface area (Å²) < 4.78 is 5.34. The molecular weight excluding hydrogens is 388 g/mol. The Kier molecular flexibility index (Phi) is 5.98. The van der Waals surface area contributed by atoms with Gasteiger partial charge in [-0.25, -0.2) is 0 Å². The predicted molar refractivity (Wildman–Crippen MR) is 107 cm³/mol. The molecule has 7 nitrogen and oxygen atoms in total. The lowest BCUT2D eigenvalue weighted by molar-refractivity contribution is -0.122. The van der Waals surface area contributed by atoms with E-state index in [2.05, 4.69) is 20.8 Å². The van der Waals surface area contributed by atoms with Gasteiger partial charge in [-0.2, -0.15) is 5.10 Å². The fraction of sp³-hybridized carbons (Fsp3) is 0.222. The average molecular weight is 405 g/mol. The molecule has 3 rings (SSSR count). The number of benzene rings is 1. The van der Waals surface area contributed by atoms with Crippen LogP contribution < -0.4 is 10.6 Å². The SMILES string of the molecule is Cc1ccc(/C=N\N=C2/NC(=O)[C@H](CC(=O)Nc3ccc(C)c(Cl)c3)S2)o1. The quantitative estimate of drug-likeness (QED) is 0.588. The lowest BCUT2D eigenvalue weighted by Crippen LogP contribution is -2.28. The van der Waals surface area contributed by atoms with Crippen molar-refractivity contribution in [2.75, 3.05) is 5.32 Å². The van der Waals surface area contributed by atoms with Crippen LogP contribution in [0.3, 0.4) is 0 Å². The molecule has 0 spiro atoms. The molecule has 1 aliphatic heterocycles. The number of halogens is 1. The number of nitrogens with zero attached hydrogens (tertiary/aromatic N) is 2. The molecule has 0 unspecified atom stereocenters. The van der Waals surface area contributed by atoms with Gasteiger partial charge in [-0.3, -0.25) is 9.59 Å². The van der Waals surface area contributed by atoms with E-state index in [-0.39, 0.29) is 18.2 Å². The Hall–Kier alpha value is -2.58. The van der Waals surface area contributed by atoms with Crippen molar-refractivity contribution in [3.05, 3.63) is 52.4 Å². The molecule has 140 valence electrons. The van der Waals surface area contributed by atoms with Crippen molar-refractivity contribution in [3.8, 4) is 0 Å². The van der Waals surface area contributed by atoms with Crippen molar-refractivity contribution < 1.29 is 14.0 Å². The van der Waals surface area contributed by atoms with Crippen molar-refractivity contribution in [1.29, 1.82) is 0 Å². The van der Waals surface area contributed by atoms with Gasteiger partial charge in [0.1, 0.15) is 16.8 Å². The largest absolute Gasteiger partial charge is 0.460 e. The maximum Gasteiger partial charge on any atom is 0.240 e. The van der Waals surface area contributed by atoms with Gasteiger partial charge in [0.2, 0.25) is 11.8 Å². The highest BCUT2D eigenvalue weighted by molar-refractivity contribution is 8.15. The second kappa shape index (κ2) is 8.41. The Morgan fingerprint density at radius 2 is 2.19 bits per heavy atom. The molecule has 2 N–H and O–H groups in total. The predicted octanol–water partition coefficient (Wildman–Crippen LogP) is 3.50. The minimum absolute atomic E-state index is 0.0160. The third-order valence-electron chi connectivity index (χ3n) is 3.70. The van der Waals surface area contributed by atoms with E-state index in [1.165, 1.54) is 6.21 Å². The zero-order chi connectivity index (χ0) is 19.4. The summed E-state index contributed by atoms with van der Waals surface area (Å²) in [6, 6.07) is 8.84. The van der Waals surface area contributed by atoms with E-state index in [1.807, 2.05) is 26.0 Å². The Balaban J connectivity index is 1.55. The van der Waals surface area contributed by atoms with Crippen LogP contribution in [0.1, 0.15) is 23.5 Å². The number of amides is 2.